The van der Waals surface area contributed by atoms with E-state index in [1.807, 2.05) is 77.7 Å². The number of anilines is 2. The maximum atomic E-state index is 8.36. The SMILES string of the molecule is COc1ccc(-c2ccccc2)c(NC(=N)N2CCOCC2)c1.COc1ccc(NC(=N)N2CCCCC2)c(-c2ccccc2)c1. The summed E-state index contributed by atoms with van der Waals surface area (Å²) in [5.74, 6) is 2.45. The fourth-order valence-electron chi connectivity index (χ4n) is 5.56. The number of piperidine rings is 1. The second-order valence-corrected chi connectivity index (χ2v) is 11.1. The highest BCUT2D eigenvalue weighted by Gasteiger charge is 2.17. The molecule has 0 spiro atoms. The lowest BCUT2D eigenvalue weighted by molar-refractivity contribution is 0.0677. The predicted molar refractivity (Wildman–Crippen MR) is 187 cm³/mol. The Kier molecular flexibility index (Phi) is 11.5. The van der Waals surface area contributed by atoms with E-state index in [1.54, 1.807) is 14.2 Å². The summed E-state index contributed by atoms with van der Waals surface area (Å²) >= 11 is 0. The molecule has 2 saturated heterocycles. The highest BCUT2D eigenvalue weighted by atomic mass is 16.5. The summed E-state index contributed by atoms with van der Waals surface area (Å²) in [6.07, 6.45) is 3.60. The Balaban J connectivity index is 0.000000181. The third-order valence-electron chi connectivity index (χ3n) is 8.13. The molecule has 9 nitrogen and oxygen atoms in total. The van der Waals surface area contributed by atoms with Gasteiger partial charge in [-0.05, 0) is 60.7 Å². The Bertz CT molecular complexity index is 1570. The number of nitrogens with one attached hydrogen (secondary N) is 4. The number of rotatable bonds is 6. The molecule has 2 aliphatic heterocycles. The Hall–Kier alpha value is -5.02. The number of hydrogen-bond donors (Lipinski definition) is 4. The first-order valence-corrected chi connectivity index (χ1v) is 15.8. The smallest absolute Gasteiger partial charge is 0.195 e. The molecule has 4 N–H and O–H groups in total. The van der Waals surface area contributed by atoms with E-state index in [0.717, 1.165) is 84.1 Å². The molecule has 0 bridgehead atoms. The highest BCUT2D eigenvalue weighted by molar-refractivity contribution is 5.97. The molecule has 0 amide bonds. The number of methoxy groups -OCH3 is 2. The molecule has 2 aliphatic rings. The maximum Gasteiger partial charge on any atom is 0.195 e. The van der Waals surface area contributed by atoms with Crippen LogP contribution in [0.25, 0.3) is 22.3 Å². The molecular formula is C37H44N6O3. The molecular weight excluding hydrogens is 576 g/mol. The average Bonchev–Trinajstić information content (AvgIpc) is 3.13. The fraction of sp³-hybridized carbons (Fsp3) is 0.297. The van der Waals surface area contributed by atoms with E-state index in [4.69, 9.17) is 25.0 Å². The van der Waals surface area contributed by atoms with Gasteiger partial charge < -0.3 is 34.6 Å². The predicted octanol–water partition coefficient (Wildman–Crippen LogP) is 7.24. The van der Waals surface area contributed by atoms with Crippen molar-refractivity contribution >= 4 is 23.3 Å². The third-order valence-corrected chi connectivity index (χ3v) is 8.13. The topological polar surface area (TPSA) is 106 Å². The van der Waals surface area contributed by atoms with Crippen LogP contribution in [0.2, 0.25) is 0 Å². The second kappa shape index (κ2) is 16.3. The van der Waals surface area contributed by atoms with Gasteiger partial charge in [-0.3, -0.25) is 10.8 Å². The van der Waals surface area contributed by atoms with Crippen molar-refractivity contribution in [2.75, 3.05) is 64.2 Å². The van der Waals surface area contributed by atoms with Crippen LogP contribution in [0.3, 0.4) is 0 Å². The summed E-state index contributed by atoms with van der Waals surface area (Å²) in [5, 5.41) is 23.2. The summed E-state index contributed by atoms with van der Waals surface area (Å²) in [6, 6.07) is 32.1. The Labute approximate surface area is 272 Å². The molecule has 0 aromatic heterocycles. The van der Waals surface area contributed by atoms with Crippen molar-refractivity contribution < 1.29 is 14.2 Å². The molecule has 9 heteroatoms. The minimum absolute atomic E-state index is 0.388. The first kappa shape index (κ1) is 32.4. The van der Waals surface area contributed by atoms with Gasteiger partial charge in [0.15, 0.2) is 11.9 Å². The van der Waals surface area contributed by atoms with Crippen LogP contribution in [0.4, 0.5) is 11.4 Å². The van der Waals surface area contributed by atoms with E-state index < -0.39 is 0 Å². The lowest BCUT2D eigenvalue weighted by Crippen LogP contribution is -2.43. The molecule has 4 aromatic rings. The first-order chi connectivity index (χ1) is 22.6. The zero-order valence-electron chi connectivity index (χ0n) is 26.7. The van der Waals surface area contributed by atoms with E-state index in [-0.39, 0.29) is 0 Å². The van der Waals surface area contributed by atoms with Crippen molar-refractivity contribution in [1.29, 1.82) is 10.8 Å². The van der Waals surface area contributed by atoms with Gasteiger partial charge in [0.1, 0.15) is 11.5 Å². The number of ether oxygens (including phenoxy) is 3. The third kappa shape index (κ3) is 8.57. The number of nitrogens with zero attached hydrogens (tertiary/aromatic N) is 2. The van der Waals surface area contributed by atoms with Crippen LogP contribution < -0.4 is 20.1 Å². The van der Waals surface area contributed by atoms with Gasteiger partial charge in [-0.2, -0.15) is 0 Å². The molecule has 0 unspecified atom stereocenters. The minimum atomic E-state index is 0.388. The van der Waals surface area contributed by atoms with Crippen LogP contribution in [-0.4, -0.2) is 75.3 Å². The van der Waals surface area contributed by atoms with E-state index in [9.17, 15) is 0 Å². The average molecular weight is 621 g/mol. The molecule has 0 atom stereocenters. The van der Waals surface area contributed by atoms with Crippen molar-refractivity contribution in [2.45, 2.75) is 19.3 Å². The van der Waals surface area contributed by atoms with Crippen LogP contribution in [-0.2, 0) is 4.74 Å². The van der Waals surface area contributed by atoms with Gasteiger partial charge in [-0.25, -0.2) is 0 Å². The molecule has 0 radical (unpaired) electrons. The summed E-state index contributed by atoms with van der Waals surface area (Å²) in [5.41, 5.74) is 6.11. The standard InChI is InChI=1S/C19H23N3O.C18H21N3O2/c1-23-16-10-11-18(17(14-16)15-8-4-2-5-9-15)21-19(20)22-12-6-3-7-13-22;1-22-15-7-8-16(14-5-3-2-4-6-14)17(13-15)20-18(19)21-9-11-23-12-10-21/h2,4-5,8-11,14H,3,6-7,12-13H2,1H3,(H2,20,21);2-8,13H,9-12H2,1H3,(H2,19,20). The molecule has 240 valence electrons. The number of guanidine groups is 2. The number of morpholine rings is 1. The Morgan fingerprint density at radius 2 is 1.11 bits per heavy atom. The quantitative estimate of drug-likeness (QED) is 0.133. The van der Waals surface area contributed by atoms with E-state index >= 15 is 0 Å². The lowest BCUT2D eigenvalue weighted by atomic mass is 10.0. The van der Waals surface area contributed by atoms with Gasteiger partial charge >= 0.3 is 0 Å². The van der Waals surface area contributed by atoms with Gasteiger partial charge in [0.25, 0.3) is 0 Å². The monoisotopic (exact) mass is 620 g/mol. The molecule has 6 rings (SSSR count). The number of hydrogen-bond acceptors (Lipinski definition) is 5. The summed E-state index contributed by atoms with van der Waals surface area (Å²) < 4.78 is 16.0. The molecule has 46 heavy (non-hydrogen) atoms. The summed E-state index contributed by atoms with van der Waals surface area (Å²) in [6.45, 7) is 4.71. The van der Waals surface area contributed by atoms with Gasteiger partial charge in [0, 0.05) is 49.1 Å². The van der Waals surface area contributed by atoms with Crippen LogP contribution in [0.1, 0.15) is 19.3 Å². The van der Waals surface area contributed by atoms with E-state index in [1.165, 1.54) is 6.42 Å². The Morgan fingerprint density at radius 1 is 0.587 bits per heavy atom. The lowest BCUT2D eigenvalue weighted by Gasteiger charge is -2.29. The molecule has 4 aromatic carbocycles. The highest BCUT2D eigenvalue weighted by Crippen LogP contribution is 2.33. The Morgan fingerprint density at radius 3 is 1.72 bits per heavy atom. The van der Waals surface area contributed by atoms with E-state index in [0.29, 0.717) is 25.1 Å². The van der Waals surface area contributed by atoms with Gasteiger partial charge in [0.05, 0.1) is 33.1 Å². The zero-order chi connectivity index (χ0) is 32.1. The van der Waals surface area contributed by atoms with E-state index in [2.05, 4.69) is 39.8 Å². The number of likely N-dealkylation sites (tertiary alicyclic amines) is 1. The zero-order valence-corrected chi connectivity index (χ0v) is 26.7. The minimum Gasteiger partial charge on any atom is -0.497 e. The van der Waals surface area contributed by atoms with Crippen LogP contribution in [0, 0.1) is 10.8 Å². The van der Waals surface area contributed by atoms with Gasteiger partial charge in [-0.15, -0.1) is 0 Å². The van der Waals surface area contributed by atoms with Crippen LogP contribution in [0.15, 0.2) is 97.1 Å². The fourth-order valence-corrected chi connectivity index (χ4v) is 5.56. The van der Waals surface area contributed by atoms with Crippen molar-refractivity contribution in [3.8, 4) is 33.8 Å². The van der Waals surface area contributed by atoms with Crippen molar-refractivity contribution in [3.63, 3.8) is 0 Å². The van der Waals surface area contributed by atoms with Crippen LogP contribution >= 0.6 is 0 Å². The molecule has 0 aliphatic carbocycles. The second-order valence-electron chi connectivity index (χ2n) is 11.1. The molecule has 0 saturated carbocycles. The normalized spacial score (nSPS) is 14.4. The molecule has 2 fully saturated rings. The molecule has 2 heterocycles. The van der Waals surface area contributed by atoms with Gasteiger partial charge in [-0.1, -0.05) is 60.7 Å². The van der Waals surface area contributed by atoms with Crippen molar-refractivity contribution in [1.82, 2.24) is 9.80 Å². The number of benzene rings is 4. The summed E-state index contributed by atoms with van der Waals surface area (Å²) in [4.78, 5) is 4.10. The largest absolute Gasteiger partial charge is 0.497 e. The van der Waals surface area contributed by atoms with Gasteiger partial charge in [0.2, 0.25) is 0 Å². The van der Waals surface area contributed by atoms with Crippen molar-refractivity contribution in [2.24, 2.45) is 0 Å². The summed E-state index contributed by atoms with van der Waals surface area (Å²) in [7, 11) is 3.32. The first-order valence-electron chi connectivity index (χ1n) is 15.8. The van der Waals surface area contributed by atoms with Crippen molar-refractivity contribution in [3.05, 3.63) is 97.1 Å². The maximum absolute atomic E-state index is 8.36. The van der Waals surface area contributed by atoms with Crippen LogP contribution in [0.5, 0.6) is 11.5 Å².